The van der Waals surface area contributed by atoms with Crippen LogP contribution in [0, 0.1) is 0 Å². The lowest BCUT2D eigenvalue weighted by Gasteiger charge is -2.13. The van der Waals surface area contributed by atoms with E-state index in [0.717, 1.165) is 35.1 Å². The third kappa shape index (κ3) is 7.72. The average molecular weight is 408 g/mol. The number of thioether (sulfide) groups is 1. The summed E-state index contributed by atoms with van der Waals surface area (Å²) in [7, 11) is 0. The van der Waals surface area contributed by atoms with E-state index in [1.807, 2.05) is 6.26 Å². The standard InChI is InChI=1S/C20H29N3S3/c1-3-4-5-6-7-8-17-11-9-16(10-12-19-23-22-15-26-19)13-18(17)14-21-20(24)25-2/h9,11,13,15H,3-8,10,12,14H2,1-2H3,(H,21,24). The Morgan fingerprint density at radius 3 is 2.69 bits per heavy atom. The first-order valence-corrected chi connectivity index (χ1v) is 11.9. The first-order chi connectivity index (χ1) is 12.7. The molecule has 0 aliphatic rings. The third-order valence-corrected chi connectivity index (χ3v) is 6.38. The second-order valence-electron chi connectivity index (χ2n) is 6.44. The molecular weight excluding hydrogens is 378 g/mol. The number of hydrogen-bond acceptors (Lipinski definition) is 5. The van der Waals surface area contributed by atoms with Gasteiger partial charge in [-0.05, 0) is 42.2 Å². The zero-order chi connectivity index (χ0) is 18.6. The zero-order valence-electron chi connectivity index (χ0n) is 15.8. The summed E-state index contributed by atoms with van der Waals surface area (Å²) in [6.07, 6.45) is 11.7. The van der Waals surface area contributed by atoms with Crippen molar-refractivity contribution >= 4 is 39.6 Å². The van der Waals surface area contributed by atoms with E-state index < -0.39 is 0 Å². The third-order valence-electron chi connectivity index (χ3n) is 4.46. The lowest BCUT2D eigenvalue weighted by atomic mass is 9.97. The van der Waals surface area contributed by atoms with Crippen molar-refractivity contribution in [1.29, 1.82) is 0 Å². The molecule has 0 unspecified atom stereocenters. The maximum atomic E-state index is 5.31. The molecule has 6 heteroatoms. The van der Waals surface area contributed by atoms with Crippen molar-refractivity contribution in [3.8, 4) is 0 Å². The summed E-state index contributed by atoms with van der Waals surface area (Å²) in [4.78, 5) is 0. The van der Waals surface area contributed by atoms with Crippen molar-refractivity contribution in [2.24, 2.45) is 0 Å². The van der Waals surface area contributed by atoms with Crippen LogP contribution in [0.2, 0.25) is 0 Å². The fourth-order valence-corrected chi connectivity index (χ4v) is 3.78. The Balaban J connectivity index is 1.98. The van der Waals surface area contributed by atoms with Crippen LogP contribution >= 0.6 is 35.3 Å². The summed E-state index contributed by atoms with van der Waals surface area (Å²) in [6, 6.07) is 6.94. The van der Waals surface area contributed by atoms with Gasteiger partial charge in [0.2, 0.25) is 0 Å². The second-order valence-corrected chi connectivity index (χ2v) is 8.85. The molecule has 2 aromatic rings. The minimum Gasteiger partial charge on any atom is -0.367 e. The molecule has 1 aromatic carbocycles. The summed E-state index contributed by atoms with van der Waals surface area (Å²) in [5, 5.41) is 12.5. The fraction of sp³-hybridized carbons (Fsp3) is 0.550. The first-order valence-electron chi connectivity index (χ1n) is 9.40. The number of benzene rings is 1. The predicted octanol–water partition coefficient (Wildman–Crippen LogP) is 5.57. The molecule has 0 aliphatic heterocycles. The van der Waals surface area contributed by atoms with Crippen molar-refractivity contribution in [2.75, 3.05) is 6.26 Å². The normalized spacial score (nSPS) is 10.8. The van der Waals surface area contributed by atoms with Crippen LogP contribution in [0.4, 0.5) is 0 Å². The number of thiocarbonyl (C=S) groups is 1. The van der Waals surface area contributed by atoms with Crippen LogP contribution in [-0.2, 0) is 25.8 Å². The lowest BCUT2D eigenvalue weighted by Crippen LogP contribution is -2.18. The highest BCUT2D eigenvalue weighted by molar-refractivity contribution is 8.22. The van der Waals surface area contributed by atoms with Gasteiger partial charge in [-0.1, -0.05) is 63.0 Å². The Hall–Kier alpha value is -0.980. The molecule has 1 N–H and O–H groups in total. The highest BCUT2D eigenvalue weighted by Gasteiger charge is 2.07. The largest absolute Gasteiger partial charge is 0.367 e. The van der Waals surface area contributed by atoms with Crippen molar-refractivity contribution in [3.63, 3.8) is 0 Å². The van der Waals surface area contributed by atoms with Crippen LogP contribution in [0.15, 0.2) is 23.7 Å². The highest BCUT2D eigenvalue weighted by Crippen LogP contribution is 2.18. The molecule has 0 amide bonds. The summed E-state index contributed by atoms with van der Waals surface area (Å²) >= 11 is 8.53. The van der Waals surface area contributed by atoms with Gasteiger partial charge in [0.1, 0.15) is 14.8 Å². The van der Waals surface area contributed by atoms with Crippen molar-refractivity contribution < 1.29 is 0 Å². The molecule has 2 rings (SSSR count). The molecule has 0 atom stereocenters. The van der Waals surface area contributed by atoms with Crippen LogP contribution in [0.3, 0.4) is 0 Å². The summed E-state index contributed by atoms with van der Waals surface area (Å²) in [5.74, 6) is 0. The van der Waals surface area contributed by atoms with Crippen molar-refractivity contribution in [2.45, 2.75) is 64.8 Å². The Morgan fingerprint density at radius 1 is 1.12 bits per heavy atom. The molecular formula is C20H29N3S3. The molecule has 1 heterocycles. The minimum atomic E-state index is 0.816. The lowest BCUT2D eigenvalue weighted by molar-refractivity contribution is 0.630. The van der Waals surface area contributed by atoms with Crippen molar-refractivity contribution in [3.05, 3.63) is 45.4 Å². The molecule has 26 heavy (non-hydrogen) atoms. The first kappa shape index (κ1) is 21.3. The quantitative estimate of drug-likeness (QED) is 0.389. The zero-order valence-corrected chi connectivity index (χ0v) is 18.2. The number of rotatable bonds is 11. The number of aromatic nitrogens is 2. The van der Waals surface area contributed by atoms with Crippen LogP contribution in [-0.4, -0.2) is 20.8 Å². The molecule has 0 saturated heterocycles. The number of hydrogen-bond donors (Lipinski definition) is 1. The number of nitrogens with zero attached hydrogens (tertiary/aromatic N) is 2. The van der Waals surface area contributed by atoms with Crippen LogP contribution < -0.4 is 5.32 Å². The molecule has 0 bridgehead atoms. The van der Waals surface area contributed by atoms with Gasteiger partial charge in [0.15, 0.2) is 0 Å². The highest BCUT2D eigenvalue weighted by atomic mass is 32.2. The molecule has 0 aliphatic carbocycles. The van der Waals surface area contributed by atoms with Gasteiger partial charge in [-0.3, -0.25) is 0 Å². The summed E-state index contributed by atoms with van der Waals surface area (Å²) in [6.45, 7) is 3.08. The van der Waals surface area contributed by atoms with E-state index in [1.165, 1.54) is 48.8 Å². The SMILES string of the molecule is CCCCCCCc1ccc(CCc2nncs2)cc1CNC(=S)SC. The van der Waals surface area contributed by atoms with E-state index in [2.05, 4.69) is 40.6 Å². The van der Waals surface area contributed by atoms with E-state index in [-0.39, 0.29) is 0 Å². The van der Waals surface area contributed by atoms with Gasteiger partial charge in [0.25, 0.3) is 0 Å². The molecule has 0 fully saturated rings. The van der Waals surface area contributed by atoms with E-state index in [1.54, 1.807) is 28.6 Å². The van der Waals surface area contributed by atoms with Gasteiger partial charge in [0.05, 0.1) is 0 Å². The van der Waals surface area contributed by atoms with E-state index in [4.69, 9.17) is 12.2 Å². The van der Waals surface area contributed by atoms with Crippen molar-refractivity contribution in [1.82, 2.24) is 15.5 Å². The maximum Gasteiger partial charge on any atom is 0.133 e. The fourth-order valence-electron chi connectivity index (χ4n) is 2.96. The Bertz CT molecular complexity index is 656. The van der Waals surface area contributed by atoms with E-state index >= 15 is 0 Å². The van der Waals surface area contributed by atoms with Gasteiger partial charge in [-0.15, -0.1) is 33.3 Å². The van der Waals surface area contributed by atoms with Gasteiger partial charge in [-0.25, -0.2) is 0 Å². The van der Waals surface area contributed by atoms with Gasteiger partial charge >= 0.3 is 0 Å². The van der Waals surface area contributed by atoms with Crippen LogP contribution in [0.1, 0.15) is 60.7 Å². The molecule has 0 saturated carbocycles. The molecule has 0 spiro atoms. The monoisotopic (exact) mass is 407 g/mol. The smallest absolute Gasteiger partial charge is 0.133 e. The average Bonchev–Trinajstić information content (AvgIpc) is 3.18. The van der Waals surface area contributed by atoms with Gasteiger partial charge in [-0.2, -0.15) is 0 Å². The number of unbranched alkanes of at least 4 members (excludes halogenated alkanes) is 4. The van der Waals surface area contributed by atoms with Crippen LogP contribution in [0.25, 0.3) is 0 Å². The van der Waals surface area contributed by atoms with E-state index in [0.29, 0.717) is 0 Å². The molecule has 3 nitrogen and oxygen atoms in total. The predicted molar refractivity (Wildman–Crippen MR) is 119 cm³/mol. The molecule has 0 radical (unpaired) electrons. The maximum absolute atomic E-state index is 5.31. The van der Waals surface area contributed by atoms with Crippen LogP contribution in [0.5, 0.6) is 0 Å². The van der Waals surface area contributed by atoms with Gasteiger partial charge in [0, 0.05) is 13.0 Å². The van der Waals surface area contributed by atoms with Gasteiger partial charge < -0.3 is 5.32 Å². The number of aryl methyl sites for hydroxylation is 3. The summed E-state index contributed by atoms with van der Waals surface area (Å²) < 4.78 is 0.859. The molecule has 1 aromatic heterocycles. The second kappa shape index (κ2) is 12.4. The molecule has 142 valence electrons. The Labute approximate surface area is 171 Å². The Morgan fingerprint density at radius 2 is 1.96 bits per heavy atom. The minimum absolute atomic E-state index is 0.816. The topological polar surface area (TPSA) is 37.8 Å². The summed E-state index contributed by atoms with van der Waals surface area (Å²) in [5.41, 5.74) is 6.00. The van der Waals surface area contributed by atoms with E-state index in [9.17, 15) is 0 Å². The number of nitrogens with one attached hydrogen (secondary N) is 1. The Kier molecular flexibility index (Phi) is 10.2.